The van der Waals surface area contributed by atoms with Crippen LogP contribution in [0.1, 0.15) is 41.0 Å². The number of rotatable bonds is 8. The van der Waals surface area contributed by atoms with Crippen molar-refractivity contribution in [1.82, 2.24) is 19.4 Å². The lowest BCUT2D eigenvalue weighted by Crippen LogP contribution is -2.51. The van der Waals surface area contributed by atoms with Crippen molar-refractivity contribution in [3.05, 3.63) is 29.3 Å². The Kier molecular flexibility index (Phi) is 7.52. The molecule has 2 aliphatic heterocycles. The molecule has 2 aliphatic rings. The van der Waals surface area contributed by atoms with E-state index in [1.165, 1.54) is 18.2 Å². The molecule has 1 aromatic carbocycles. The Bertz CT molecular complexity index is 986. The van der Waals surface area contributed by atoms with Crippen LogP contribution in [0, 0.1) is 0 Å². The van der Waals surface area contributed by atoms with Gasteiger partial charge in [-0.25, -0.2) is 12.7 Å². The van der Waals surface area contributed by atoms with Crippen molar-refractivity contribution in [3.63, 3.8) is 0 Å². The summed E-state index contributed by atoms with van der Waals surface area (Å²) in [4.78, 5) is 40.9. The van der Waals surface area contributed by atoms with Gasteiger partial charge in [-0.2, -0.15) is 0 Å². The SMILES string of the molecule is COCCCNC(=O)CN1CCN(C(=O)c2ccc3c(c2)S(=O)(=O)N(C(C)C)C3=O)CC1. The molecule has 11 heteroatoms. The first kappa shape index (κ1) is 24.1. The monoisotopic (exact) mass is 466 g/mol. The van der Waals surface area contributed by atoms with Gasteiger partial charge in [0, 0.05) is 58.0 Å². The standard InChI is InChI=1S/C21H30N4O6S/c1-15(2)25-21(28)17-6-5-16(13-18(17)32(25,29)30)20(27)24-10-8-23(9-11-24)14-19(26)22-7-4-12-31-3/h5-6,13,15H,4,7-12,14H2,1-3H3,(H,22,26). The van der Waals surface area contributed by atoms with Crippen LogP contribution in [-0.2, 0) is 19.6 Å². The molecule has 10 nitrogen and oxygen atoms in total. The topological polar surface area (TPSA) is 116 Å². The fourth-order valence-electron chi connectivity index (χ4n) is 3.89. The Morgan fingerprint density at radius 2 is 1.84 bits per heavy atom. The van der Waals surface area contributed by atoms with E-state index in [1.807, 2.05) is 4.90 Å². The van der Waals surface area contributed by atoms with E-state index < -0.39 is 22.0 Å². The first-order valence-electron chi connectivity index (χ1n) is 10.7. The van der Waals surface area contributed by atoms with E-state index in [0.717, 1.165) is 10.7 Å². The summed E-state index contributed by atoms with van der Waals surface area (Å²) in [7, 11) is -2.35. The molecule has 1 N–H and O–H groups in total. The number of carbonyl (C=O) groups excluding carboxylic acids is 3. The van der Waals surface area contributed by atoms with Gasteiger partial charge in [-0.3, -0.25) is 19.3 Å². The largest absolute Gasteiger partial charge is 0.385 e. The Morgan fingerprint density at radius 3 is 2.47 bits per heavy atom. The minimum absolute atomic E-state index is 0.0657. The van der Waals surface area contributed by atoms with Crippen molar-refractivity contribution in [2.75, 3.05) is 53.0 Å². The van der Waals surface area contributed by atoms with E-state index in [4.69, 9.17) is 4.74 Å². The van der Waals surface area contributed by atoms with Gasteiger partial charge >= 0.3 is 0 Å². The summed E-state index contributed by atoms with van der Waals surface area (Å²) in [6.07, 6.45) is 0.752. The summed E-state index contributed by atoms with van der Waals surface area (Å²) in [6.45, 7) is 6.62. The fourth-order valence-corrected chi connectivity index (χ4v) is 5.68. The predicted octanol–water partition coefficient (Wildman–Crippen LogP) is 0.150. The lowest BCUT2D eigenvalue weighted by molar-refractivity contribution is -0.122. The summed E-state index contributed by atoms with van der Waals surface area (Å²) in [5.41, 5.74) is 0.326. The number of nitrogens with zero attached hydrogens (tertiary/aromatic N) is 3. The second-order valence-electron chi connectivity index (χ2n) is 8.18. The van der Waals surface area contributed by atoms with Crippen LogP contribution in [-0.4, -0.2) is 99.3 Å². The normalized spacial score (nSPS) is 18.2. The van der Waals surface area contributed by atoms with Crippen molar-refractivity contribution < 1.29 is 27.5 Å². The molecule has 1 fully saturated rings. The average Bonchev–Trinajstić information content (AvgIpc) is 2.96. The van der Waals surface area contributed by atoms with Crippen molar-refractivity contribution in [1.29, 1.82) is 0 Å². The number of nitrogens with one attached hydrogen (secondary N) is 1. The fraction of sp³-hybridized carbons (Fsp3) is 0.571. The van der Waals surface area contributed by atoms with Crippen LogP contribution in [0.25, 0.3) is 0 Å². The number of amides is 3. The molecule has 0 saturated carbocycles. The van der Waals surface area contributed by atoms with Gasteiger partial charge in [-0.1, -0.05) is 0 Å². The Hall–Kier alpha value is -2.50. The summed E-state index contributed by atoms with van der Waals surface area (Å²) < 4.78 is 31.3. The second kappa shape index (κ2) is 9.97. The van der Waals surface area contributed by atoms with Crippen molar-refractivity contribution in [3.8, 4) is 0 Å². The van der Waals surface area contributed by atoms with E-state index in [-0.39, 0.29) is 34.4 Å². The molecule has 32 heavy (non-hydrogen) atoms. The first-order chi connectivity index (χ1) is 15.2. The molecule has 2 heterocycles. The van der Waals surface area contributed by atoms with Gasteiger partial charge in [0.05, 0.1) is 12.1 Å². The van der Waals surface area contributed by atoms with E-state index in [2.05, 4.69) is 5.32 Å². The third-order valence-corrected chi connectivity index (χ3v) is 7.54. The molecule has 0 unspecified atom stereocenters. The summed E-state index contributed by atoms with van der Waals surface area (Å²) in [5, 5.41) is 2.84. The maximum absolute atomic E-state index is 13.0. The molecule has 0 aromatic heterocycles. The maximum Gasteiger partial charge on any atom is 0.269 e. The third-order valence-electron chi connectivity index (χ3n) is 5.54. The van der Waals surface area contributed by atoms with E-state index >= 15 is 0 Å². The molecule has 0 radical (unpaired) electrons. The van der Waals surface area contributed by atoms with Crippen molar-refractivity contribution >= 4 is 27.7 Å². The highest BCUT2D eigenvalue weighted by Gasteiger charge is 2.43. The molecule has 1 aromatic rings. The molecular formula is C21H30N4O6S. The second-order valence-corrected chi connectivity index (χ2v) is 9.96. The smallest absolute Gasteiger partial charge is 0.269 e. The van der Waals surface area contributed by atoms with E-state index in [0.29, 0.717) is 39.3 Å². The van der Waals surface area contributed by atoms with Crippen molar-refractivity contribution in [2.45, 2.75) is 31.2 Å². The van der Waals surface area contributed by atoms with Gasteiger partial charge in [-0.05, 0) is 38.5 Å². The minimum Gasteiger partial charge on any atom is -0.385 e. The number of benzene rings is 1. The molecule has 0 atom stereocenters. The first-order valence-corrected chi connectivity index (χ1v) is 12.1. The lowest BCUT2D eigenvalue weighted by Gasteiger charge is -2.34. The van der Waals surface area contributed by atoms with Gasteiger partial charge in [0.25, 0.3) is 21.8 Å². The van der Waals surface area contributed by atoms with E-state index in [9.17, 15) is 22.8 Å². The number of piperazine rings is 1. The summed E-state index contributed by atoms with van der Waals surface area (Å²) in [5.74, 6) is -0.922. The molecule has 176 valence electrons. The molecule has 0 aliphatic carbocycles. The highest BCUT2D eigenvalue weighted by molar-refractivity contribution is 7.90. The van der Waals surface area contributed by atoms with Crippen molar-refractivity contribution in [2.24, 2.45) is 0 Å². The zero-order chi connectivity index (χ0) is 23.5. The number of hydrogen-bond donors (Lipinski definition) is 1. The highest BCUT2D eigenvalue weighted by Crippen LogP contribution is 2.32. The highest BCUT2D eigenvalue weighted by atomic mass is 32.2. The molecule has 3 amide bonds. The third kappa shape index (κ3) is 4.94. The number of carbonyl (C=O) groups is 3. The Morgan fingerprint density at radius 1 is 1.16 bits per heavy atom. The van der Waals surface area contributed by atoms with Gasteiger partial charge in [-0.15, -0.1) is 0 Å². The number of sulfonamides is 1. The quantitative estimate of drug-likeness (QED) is 0.542. The van der Waals surface area contributed by atoms with Crippen LogP contribution in [0.5, 0.6) is 0 Å². The summed E-state index contributed by atoms with van der Waals surface area (Å²) >= 11 is 0. The summed E-state index contributed by atoms with van der Waals surface area (Å²) in [6, 6.07) is 3.70. The molecule has 0 bridgehead atoms. The van der Waals surface area contributed by atoms with E-state index in [1.54, 1.807) is 25.9 Å². The molecule has 3 rings (SSSR count). The number of ether oxygens (including phenoxy) is 1. The number of fused-ring (bicyclic) bond motifs is 1. The molecule has 0 spiro atoms. The minimum atomic E-state index is -3.96. The average molecular weight is 467 g/mol. The van der Waals surface area contributed by atoms with Crippen LogP contribution in [0.4, 0.5) is 0 Å². The van der Waals surface area contributed by atoms with Gasteiger partial charge in [0.2, 0.25) is 5.91 Å². The molecule has 1 saturated heterocycles. The number of methoxy groups -OCH3 is 1. The van der Waals surface area contributed by atoms with Crippen LogP contribution >= 0.6 is 0 Å². The predicted molar refractivity (Wildman–Crippen MR) is 117 cm³/mol. The molecular weight excluding hydrogens is 436 g/mol. The van der Waals surface area contributed by atoms with Crippen LogP contribution in [0.2, 0.25) is 0 Å². The Balaban J connectivity index is 1.60. The van der Waals surface area contributed by atoms with Gasteiger partial charge < -0.3 is 15.0 Å². The zero-order valence-corrected chi connectivity index (χ0v) is 19.5. The zero-order valence-electron chi connectivity index (χ0n) is 18.7. The number of hydrogen-bond acceptors (Lipinski definition) is 7. The Labute approximate surface area is 188 Å². The van der Waals surface area contributed by atoms with Crippen LogP contribution in [0.3, 0.4) is 0 Å². The maximum atomic E-state index is 13.0. The van der Waals surface area contributed by atoms with Crippen LogP contribution < -0.4 is 5.32 Å². The van der Waals surface area contributed by atoms with Gasteiger partial charge in [0.1, 0.15) is 4.90 Å². The van der Waals surface area contributed by atoms with Gasteiger partial charge in [0.15, 0.2) is 0 Å². The van der Waals surface area contributed by atoms with Crippen LogP contribution in [0.15, 0.2) is 23.1 Å². The lowest BCUT2D eigenvalue weighted by atomic mass is 10.1.